The Kier molecular flexibility index (Phi) is 16.6. The number of carbonyl (C=O) groups excluding carboxylic acids is 8. The number of aromatic nitrogens is 1. The second-order valence-electron chi connectivity index (χ2n) is 18.3. The number of carbonyl (C=O) groups is 8. The Morgan fingerprint density at radius 1 is 0.871 bits per heavy atom. The number of alkyl halides is 1. The lowest BCUT2D eigenvalue weighted by molar-refractivity contribution is -0.137. The van der Waals surface area contributed by atoms with E-state index in [1.807, 2.05) is 56.3 Å². The molecule has 1 aromatic heterocycles. The molecular weight excluding hydrogens is 914 g/mol. The number of fused-ring (bicyclic) bond motifs is 4. The number of hydrogen-bond donors (Lipinski definition) is 6. The number of ketones is 3. The van der Waals surface area contributed by atoms with E-state index in [1.165, 1.54) is 12.2 Å². The number of phenols is 1. The third-order valence-electron chi connectivity index (χ3n) is 12.9. The van der Waals surface area contributed by atoms with Gasteiger partial charge in [-0.2, -0.15) is 0 Å². The molecule has 17 heteroatoms. The van der Waals surface area contributed by atoms with Gasteiger partial charge in [0.1, 0.15) is 17.2 Å². The molecular formula is C53H58ClN7O9. The van der Waals surface area contributed by atoms with Gasteiger partial charge in [-0.3, -0.25) is 38.5 Å². The molecule has 366 valence electrons. The van der Waals surface area contributed by atoms with Crippen LogP contribution in [0.15, 0.2) is 91.0 Å². The summed E-state index contributed by atoms with van der Waals surface area (Å²) >= 11 is 6.41. The minimum atomic E-state index is -0.751. The number of benzene rings is 4. The normalized spacial score (nSPS) is 15.2. The fraction of sp³-hybridized carbons (Fsp3) is 0.358. The van der Waals surface area contributed by atoms with Gasteiger partial charge in [0.2, 0.25) is 5.91 Å². The highest BCUT2D eigenvalue weighted by atomic mass is 35.5. The molecule has 0 unspecified atom stereocenters. The molecule has 4 aromatic carbocycles. The molecule has 0 radical (unpaired) electrons. The minimum absolute atomic E-state index is 0.0101. The van der Waals surface area contributed by atoms with Crippen LogP contribution < -0.4 is 26.6 Å². The largest absolute Gasteiger partial charge is 0.507 e. The fourth-order valence-corrected chi connectivity index (χ4v) is 9.55. The molecule has 7 N–H and O–H groups in total. The van der Waals surface area contributed by atoms with Crippen molar-refractivity contribution in [1.82, 2.24) is 20.5 Å². The van der Waals surface area contributed by atoms with E-state index in [2.05, 4.69) is 20.9 Å². The summed E-state index contributed by atoms with van der Waals surface area (Å²) in [6, 6.07) is 21.6. The second-order valence-corrected chi connectivity index (χ2v) is 18.6. The summed E-state index contributed by atoms with van der Waals surface area (Å²) in [6.07, 6.45) is 4.42. The molecule has 5 aromatic rings. The van der Waals surface area contributed by atoms with Gasteiger partial charge in [-0.15, -0.1) is 11.6 Å². The molecule has 0 aliphatic carbocycles. The van der Waals surface area contributed by atoms with Crippen molar-refractivity contribution >= 4 is 91.7 Å². The number of nitrogens with zero attached hydrogens (tertiary/aromatic N) is 2. The maximum absolute atomic E-state index is 14.0. The van der Waals surface area contributed by atoms with E-state index < -0.39 is 23.9 Å². The first kappa shape index (κ1) is 50.7. The Bertz CT molecular complexity index is 2840. The Hall–Kier alpha value is -7.17. The minimum Gasteiger partial charge on any atom is -0.507 e. The number of nitrogens with two attached hydrogens (primary N) is 1. The summed E-state index contributed by atoms with van der Waals surface area (Å²) in [6.45, 7) is 4.93. The van der Waals surface area contributed by atoms with Gasteiger partial charge >= 0.3 is 6.03 Å². The summed E-state index contributed by atoms with van der Waals surface area (Å²) in [5.74, 6) is -2.37. The third kappa shape index (κ3) is 12.2. The van der Waals surface area contributed by atoms with Gasteiger partial charge < -0.3 is 36.7 Å². The molecule has 3 heterocycles. The number of amides is 6. The van der Waals surface area contributed by atoms with Gasteiger partial charge in [-0.25, -0.2) is 4.79 Å². The summed E-state index contributed by atoms with van der Waals surface area (Å²) in [5, 5.41) is 21.8. The van der Waals surface area contributed by atoms with Crippen molar-refractivity contribution in [3.63, 3.8) is 0 Å². The van der Waals surface area contributed by atoms with Crippen LogP contribution in [0.5, 0.6) is 5.75 Å². The van der Waals surface area contributed by atoms with Crippen LogP contribution in [0, 0.1) is 11.8 Å². The number of aromatic amines is 1. The lowest BCUT2D eigenvalue weighted by Gasteiger charge is -2.24. The maximum Gasteiger partial charge on any atom is 0.312 e. The van der Waals surface area contributed by atoms with E-state index in [0.29, 0.717) is 66.3 Å². The second kappa shape index (κ2) is 23.0. The van der Waals surface area contributed by atoms with E-state index in [4.69, 9.17) is 17.3 Å². The maximum atomic E-state index is 14.0. The molecule has 0 spiro atoms. The van der Waals surface area contributed by atoms with Crippen LogP contribution in [-0.2, 0) is 30.4 Å². The number of urea groups is 1. The van der Waals surface area contributed by atoms with Crippen LogP contribution >= 0.6 is 11.6 Å². The molecule has 0 bridgehead atoms. The highest BCUT2D eigenvalue weighted by molar-refractivity contribution is 6.19. The van der Waals surface area contributed by atoms with Crippen molar-refractivity contribution in [1.29, 1.82) is 0 Å². The monoisotopic (exact) mass is 971 g/mol. The molecule has 7 rings (SSSR count). The number of imide groups is 1. The van der Waals surface area contributed by atoms with Crippen LogP contribution in [0.3, 0.4) is 0 Å². The lowest BCUT2D eigenvalue weighted by Crippen LogP contribution is -2.43. The SMILES string of the molecule is CC(C)[C@H](NCCCC(=O)CCCN1C(=O)C=CC1=O)C(=O)C[C@@H](CCCNC(N)=O)C(=O)Nc1ccc(C(=O)Cc2ccc3[nH]c(C(=O)N4C[C@@H](CCl)c5c4cc(O)c4ccccc54)cc3c2)cc1. The van der Waals surface area contributed by atoms with Gasteiger partial charge in [0.05, 0.1) is 11.7 Å². The predicted molar refractivity (Wildman–Crippen MR) is 268 cm³/mol. The van der Waals surface area contributed by atoms with Crippen LogP contribution in [0.4, 0.5) is 16.2 Å². The molecule has 0 saturated carbocycles. The average molecular weight is 973 g/mol. The van der Waals surface area contributed by atoms with Crippen molar-refractivity contribution in [3.8, 4) is 5.75 Å². The zero-order chi connectivity index (χ0) is 50.1. The number of aromatic hydroxyl groups is 1. The smallest absolute Gasteiger partial charge is 0.312 e. The lowest BCUT2D eigenvalue weighted by atomic mass is 9.89. The van der Waals surface area contributed by atoms with Gasteiger partial charge in [0.15, 0.2) is 11.6 Å². The number of halogens is 1. The number of rotatable bonds is 24. The Balaban J connectivity index is 0.929. The Morgan fingerprint density at radius 3 is 2.29 bits per heavy atom. The standard InChI is InChI=1S/C53H58ClN7O9/c1-31(2)50(56-21-6-9-38(62)10-7-23-60-47(66)19-20-48(60)67)46(65)27-34(8-5-22-57-53(55)70)51(68)58-37-16-14-33(15-17-37)44(63)25-32-13-18-41-35(24-32)26-42(59-41)52(69)61-30-36(29-54)49-40-12-4-3-11-39(40)45(64)28-43(49)61/h3-4,11-20,24,26,28,31,34,36,50,56,59,64H,5-10,21-23,25,27,29-30H2,1-2H3,(H,58,68)(H3,55,57,70)/t34-,36-,50+/m1/s1. The summed E-state index contributed by atoms with van der Waals surface area (Å²) in [7, 11) is 0. The molecule has 2 aliphatic rings. The number of anilines is 2. The van der Waals surface area contributed by atoms with Crippen molar-refractivity contribution in [2.24, 2.45) is 17.6 Å². The highest BCUT2D eigenvalue weighted by Gasteiger charge is 2.36. The first-order chi connectivity index (χ1) is 33.6. The number of primary amides is 1. The van der Waals surface area contributed by atoms with Gasteiger partial charge in [-0.1, -0.05) is 44.2 Å². The van der Waals surface area contributed by atoms with Gasteiger partial charge in [-0.05, 0) is 97.1 Å². The van der Waals surface area contributed by atoms with E-state index in [0.717, 1.165) is 32.3 Å². The van der Waals surface area contributed by atoms with Crippen LogP contribution in [0.1, 0.15) is 96.7 Å². The number of phenolic OH excluding ortho intramolecular Hbond substituents is 1. The molecule has 6 amide bonds. The quantitative estimate of drug-likeness (QED) is 0.0159. The molecule has 0 fully saturated rings. The molecule has 16 nitrogen and oxygen atoms in total. The summed E-state index contributed by atoms with van der Waals surface area (Å²) in [4.78, 5) is 108. The topological polar surface area (TPSA) is 241 Å². The van der Waals surface area contributed by atoms with Crippen LogP contribution in [-0.4, -0.2) is 100 Å². The molecule has 3 atom stereocenters. The van der Waals surface area contributed by atoms with Crippen molar-refractivity contribution < 1.29 is 43.5 Å². The third-order valence-corrected chi connectivity index (χ3v) is 13.3. The van der Waals surface area contributed by atoms with Gasteiger partial charge in [0, 0.05) is 109 Å². The van der Waals surface area contributed by atoms with E-state index in [-0.39, 0.29) is 97.9 Å². The zero-order valence-electron chi connectivity index (χ0n) is 39.2. The zero-order valence-corrected chi connectivity index (χ0v) is 40.0. The van der Waals surface area contributed by atoms with Crippen LogP contribution in [0.2, 0.25) is 0 Å². The highest BCUT2D eigenvalue weighted by Crippen LogP contribution is 2.45. The number of hydrogen-bond acceptors (Lipinski definition) is 10. The summed E-state index contributed by atoms with van der Waals surface area (Å²) < 4.78 is 0. The first-order valence-corrected chi connectivity index (χ1v) is 24.2. The first-order valence-electron chi connectivity index (χ1n) is 23.6. The van der Waals surface area contributed by atoms with Crippen molar-refractivity contribution in [3.05, 3.63) is 113 Å². The van der Waals surface area contributed by atoms with E-state index >= 15 is 0 Å². The van der Waals surface area contributed by atoms with Crippen LogP contribution in [0.25, 0.3) is 21.7 Å². The van der Waals surface area contributed by atoms with Gasteiger partial charge in [0.25, 0.3) is 17.7 Å². The van der Waals surface area contributed by atoms with Crippen molar-refractivity contribution in [2.75, 3.05) is 42.3 Å². The van der Waals surface area contributed by atoms with E-state index in [9.17, 15) is 43.5 Å². The summed E-state index contributed by atoms with van der Waals surface area (Å²) in [5.41, 5.74) is 9.45. The molecule has 2 aliphatic heterocycles. The Morgan fingerprint density at radius 2 is 1.59 bits per heavy atom. The average Bonchev–Trinajstić information content (AvgIpc) is 4.03. The Labute approximate surface area is 410 Å². The predicted octanol–water partition coefficient (Wildman–Crippen LogP) is 7.07. The number of H-pyrrole nitrogens is 1. The number of nitrogens with one attached hydrogen (secondary N) is 4. The van der Waals surface area contributed by atoms with E-state index in [1.54, 1.807) is 41.3 Å². The van der Waals surface area contributed by atoms with Crippen molar-refractivity contribution in [2.45, 2.75) is 77.2 Å². The fourth-order valence-electron chi connectivity index (χ4n) is 9.30. The number of Topliss-reactive ketones (excluding diaryl/α,β-unsaturated/α-hetero) is 3. The molecule has 0 saturated heterocycles. The molecule has 70 heavy (non-hydrogen) atoms.